The van der Waals surface area contributed by atoms with Crippen molar-refractivity contribution in [3.05, 3.63) is 106 Å². The molecule has 0 unspecified atom stereocenters. The van der Waals surface area contributed by atoms with Crippen molar-refractivity contribution in [2.75, 3.05) is 9.80 Å². The van der Waals surface area contributed by atoms with Crippen molar-refractivity contribution in [2.45, 2.75) is 19.5 Å². The maximum absolute atomic E-state index is 6.18. The molecule has 33 heavy (non-hydrogen) atoms. The summed E-state index contributed by atoms with van der Waals surface area (Å²) < 4.78 is 0. The quantitative estimate of drug-likeness (QED) is 0.272. The molecule has 162 valence electrons. The van der Waals surface area contributed by atoms with Gasteiger partial charge in [0.15, 0.2) is 0 Å². The van der Waals surface area contributed by atoms with Crippen LogP contribution >= 0.6 is 23.2 Å². The highest BCUT2D eigenvalue weighted by Crippen LogP contribution is 2.43. The van der Waals surface area contributed by atoms with Crippen molar-refractivity contribution >= 4 is 57.3 Å². The number of para-hydroxylation sites is 2. The topological polar surface area (TPSA) is 31.2 Å². The first-order valence-electron chi connectivity index (χ1n) is 10.7. The third-order valence-electron chi connectivity index (χ3n) is 6.03. The zero-order valence-electron chi connectivity index (χ0n) is 18.1. The molecule has 0 radical (unpaired) electrons. The van der Waals surface area contributed by atoms with Gasteiger partial charge in [0.2, 0.25) is 0 Å². The Hall–Kier alpha value is -3.34. The molecule has 0 fully saturated rings. The first-order chi connectivity index (χ1) is 15.9. The molecule has 0 bridgehead atoms. The van der Waals surface area contributed by atoms with Gasteiger partial charge in [-0.3, -0.25) is 4.99 Å². The standard InChI is InChI=1S/C27H20Cl2N4/c1-27(2)31-23-16-25-22(15-26(23)33(27)20-13-9-18(29)10-14-20)30-21-5-3-4-6-24(21)32(25)19-11-7-17(28)8-12-19/h3-16H,1-2H3. The van der Waals surface area contributed by atoms with Crippen LogP contribution in [0.5, 0.6) is 0 Å². The molecule has 4 aromatic carbocycles. The van der Waals surface area contributed by atoms with Crippen molar-refractivity contribution in [3.8, 4) is 0 Å². The van der Waals surface area contributed by atoms with Crippen LogP contribution in [0.2, 0.25) is 10.0 Å². The van der Waals surface area contributed by atoms with Crippen LogP contribution in [0.15, 0.2) is 94.9 Å². The predicted molar refractivity (Wildman–Crippen MR) is 136 cm³/mol. The molecule has 6 heteroatoms. The van der Waals surface area contributed by atoms with Gasteiger partial charge in [-0.2, -0.15) is 0 Å². The van der Waals surface area contributed by atoms with Crippen LogP contribution in [-0.4, -0.2) is 5.66 Å². The Bertz CT molecular complexity index is 1510. The lowest BCUT2D eigenvalue weighted by molar-refractivity contribution is 0.544. The molecule has 0 atom stereocenters. The smallest absolute Gasteiger partial charge is 0.131 e. The highest BCUT2D eigenvalue weighted by atomic mass is 35.5. The van der Waals surface area contributed by atoms with E-state index >= 15 is 0 Å². The summed E-state index contributed by atoms with van der Waals surface area (Å²) in [6.45, 7) is 4.23. The van der Waals surface area contributed by atoms with Crippen LogP contribution in [0, 0.1) is 0 Å². The van der Waals surface area contributed by atoms with E-state index < -0.39 is 5.66 Å². The first-order valence-corrected chi connectivity index (χ1v) is 11.5. The van der Waals surface area contributed by atoms with E-state index in [0.717, 1.165) is 44.8 Å². The van der Waals surface area contributed by atoms with Gasteiger partial charge in [-0.05, 0) is 86.6 Å². The number of hydrogen-bond donors (Lipinski definition) is 0. The van der Waals surface area contributed by atoms with E-state index in [0.29, 0.717) is 10.0 Å². The lowest BCUT2D eigenvalue weighted by Gasteiger charge is -2.33. The number of rotatable bonds is 2. The second kappa shape index (κ2) is 7.34. The lowest BCUT2D eigenvalue weighted by Crippen LogP contribution is -2.36. The minimum Gasteiger partial charge on any atom is -0.315 e. The summed E-state index contributed by atoms with van der Waals surface area (Å²) in [5.41, 5.74) is 5.59. The van der Waals surface area contributed by atoms with Crippen LogP contribution in [0.4, 0.5) is 34.1 Å². The zero-order valence-corrected chi connectivity index (χ0v) is 19.6. The summed E-state index contributed by atoms with van der Waals surface area (Å²) in [5.74, 6) is 0. The van der Waals surface area contributed by atoms with E-state index in [1.807, 2.05) is 66.7 Å². The molecule has 2 aliphatic rings. The maximum Gasteiger partial charge on any atom is 0.131 e. The van der Waals surface area contributed by atoms with E-state index in [4.69, 9.17) is 33.2 Å². The summed E-state index contributed by atoms with van der Waals surface area (Å²) in [4.78, 5) is 14.5. The molecular formula is C27H20Cl2N4. The van der Waals surface area contributed by atoms with Crippen molar-refractivity contribution in [1.82, 2.24) is 0 Å². The maximum atomic E-state index is 6.18. The molecular weight excluding hydrogens is 451 g/mol. The van der Waals surface area contributed by atoms with Gasteiger partial charge in [0.1, 0.15) is 5.66 Å². The molecule has 2 aliphatic heterocycles. The fourth-order valence-corrected chi connectivity index (χ4v) is 4.90. The Labute approximate surface area is 202 Å². The van der Waals surface area contributed by atoms with Gasteiger partial charge in [0, 0.05) is 21.4 Å². The Morgan fingerprint density at radius 3 is 1.97 bits per heavy atom. The summed E-state index contributed by atoms with van der Waals surface area (Å²) in [6.07, 6.45) is 0. The van der Waals surface area contributed by atoms with Gasteiger partial charge in [0.25, 0.3) is 0 Å². The van der Waals surface area contributed by atoms with Crippen LogP contribution in [0.3, 0.4) is 0 Å². The van der Waals surface area contributed by atoms with Crippen molar-refractivity contribution in [1.29, 1.82) is 0 Å². The highest BCUT2D eigenvalue weighted by molar-refractivity contribution is 6.31. The van der Waals surface area contributed by atoms with Gasteiger partial charge in [-0.25, -0.2) is 4.99 Å². The molecule has 0 saturated carbocycles. The molecule has 6 rings (SSSR count). The number of benzene rings is 4. The Balaban J connectivity index is 1.60. The normalized spacial score (nSPS) is 15.3. The summed E-state index contributed by atoms with van der Waals surface area (Å²) in [5, 5.41) is 3.25. The summed E-state index contributed by atoms with van der Waals surface area (Å²) >= 11 is 12.3. The third kappa shape index (κ3) is 3.29. The molecule has 4 aromatic rings. The Kier molecular flexibility index (Phi) is 4.51. The second-order valence-corrected chi connectivity index (χ2v) is 9.53. The van der Waals surface area contributed by atoms with Gasteiger partial charge in [0.05, 0.1) is 33.5 Å². The molecule has 0 amide bonds. The van der Waals surface area contributed by atoms with Crippen LogP contribution in [0.25, 0.3) is 0 Å². The van der Waals surface area contributed by atoms with E-state index in [2.05, 4.69) is 41.8 Å². The molecule has 2 heterocycles. The van der Waals surface area contributed by atoms with E-state index in [-0.39, 0.29) is 0 Å². The fraction of sp³-hybridized carbons (Fsp3) is 0.111. The number of nitrogens with zero attached hydrogens (tertiary/aromatic N) is 4. The van der Waals surface area contributed by atoms with Crippen LogP contribution < -0.4 is 20.5 Å². The van der Waals surface area contributed by atoms with E-state index in [9.17, 15) is 0 Å². The van der Waals surface area contributed by atoms with Crippen LogP contribution in [-0.2, 0) is 0 Å². The minimum absolute atomic E-state index is 0.446. The minimum atomic E-state index is -0.446. The first kappa shape index (κ1) is 20.3. The monoisotopic (exact) mass is 470 g/mol. The molecule has 0 N–H and O–H groups in total. The third-order valence-corrected chi connectivity index (χ3v) is 6.53. The molecule has 0 spiro atoms. The Morgan fingerprint density at radius 2 is 1.27 bits per heavy atom. The molecule has 4 nitrogen and oxygen atoms in total. The number of fused-ring (bicyclic) bond motifs is 3. The van der Waals surface area contributed by atoms with Gasteiger partial charge >= 0.3 is 0 Å². The fourth-order valence-electron chi connectivity index (χ4n) is 4.65. The SMILES string of the molecule is CC1(C)N=c2cc3c(cc2N1c1ccc(Cl)cc1)=Nc1ccccc1N3c1ccc(Cl)cc1. The number of anilines is 5. The largest absolute Gasteiger partial charge is 0.315 e. The average molecular weight is 471 g/mol. The van der Waals surface area contributed by atoms with E-state index in [1.54, 1.807) is 0 Å². The van der Waals surface area contributed by atoms with Crippen molar-refractivity contribution in [2.24, 2.45) is 9.98 Å². The number of halogens is 2. The molecule has 0 aliphatic carbocycles. The Morgan fingerprint density at radius 1 is 0.667 bits per heavy atom. The predicted octanol–water partition coefficient (Wildman–Crippen LogP) is 7.24. The van der Waals surface area contributed by atoms with E-state index in [1.165, 1.54) is 0 Å². The summed E-state index contributed by atoms with van der Waals surface area (Å²) in [6, 6.07) is 28.2. The van der Waals surface area contributed by atoms with Crippen LogP contribution in [0.1, 0.15) is 13.8 Å². The lowest BCUT2D eigenvalue weighted by atomic mass is 10.1. The zero-order chi connectivity index (χ0) is 22.7. The second-order valence-electron chi connectivity index (χ2n) is 8.66. The number of hydrogen-bond acceptors (Lipinski definition) is 4. The van der Waals surface area contributed by atoms with Gasteiger partial charge < -0.3 is 9.80 Å². The highest BCUT2D eigenvalue weighted by Gasteiger charge is 2.35. The molecule has 0 saturated heterocycles. The summed E-state index contributed by atoms with van der Waals surface area (Å²) in [7, 11) is 0. The van der Waals surface area contributed by atoms with Gasteiger partial charge in [-0.15, -0.1) is 0 Å². The van der Waals surface area contributed by atoms with Crippen molar-refractivity contribution in [3.63, 3.8) is 0 Å². The van der Waals surface area contributed by atoms with Crippen molar-refractivity contribution < 1.29 is 0 Å². The average Bonchev–Trinajstić information content (AvgIpc) is 3.06. The van der Waals surface area contributed by atoms with Gasteiger partial charge in [-0.1, -0.05) is 35.3 Å². The molecule has 0 aromatic heterocycles.